The van der Waals surface area contributed by atoms with Crippen molar-refractivity contribution in [2.24, 2.45) is 0 Å². The zero-order valence-electron chi connectivity index (χ0n) is 12.9. The Labute approximate surface area is 138 Å². The predicted molar refractivity (Wildman–Crippen MR) is 88.3 cm³/mol. The Hall–Kier alpha value is -1.92. The maximum Gasteiger partial charge on any atom is 0.256 e. The second-order valence-electron chi connectivity index (χ2n) is 6.09. The summed E-state index contributed by atoms with van der Waals surface area (Å²) in [5, 5.41) is 7.35. The molecule has 3 N–H and O–H groups in total. The van der Waals surface area contributed by atoms with Crippen LogP contribution in [0.4, 0.5) is 9.39 Å². The maximum atomic E-state index is 13.1. The highest BCUT2D eigenvalue weighted by Crippen LogP contribution is 2.38. The van der Waals surface area contributed by atoms with Gasteiger partial charge in [-0.2, -0.15) is 0 Å². The topological polar surface area (TPSA) is 45.6 Å². The van der Waals surface area contributed by atoms with E-state index in [1.807, 2.05) is 0 Å². The van der Waals surface area contributed by atoms with E-state index in [2.05, 4.69) is 17.6 Å². The summed E-state index contributed by atoms with van der Waals surface area (Å²) in [4.78, 5) is 15.5. The van der Waals surface area contributed by atoms with Gasteiger partial charge in [-0.05, 0) is 30.2 Å². The lowest BCUT2D eigenvalue weighted by Gasteiger charge is -2.27. The van der Waals surface area contributed by atoms with Crippen LogP contribution in [-0.2, 0) is 13.0 Å². The Morgan fingerprint density at radius 3 is 2.83 bits per heavy atom. The fraction of sp³-hybridized carbons (Fsp3) is 0.353. The number of quaternary nitrogens is 1. The van der Waals surface area contributed by atoms with E-state index >= 15 is 0 Å². The van der Waals surface area contributed by atoms with Crippen molar-refractivity contribution >= 4 is 22.2 Å². The minimum Gasteiger partial charge on any atom is -0.353 e. The minimum absolute atomic E-state index is 0.0227. The molecule has 2 aliphatic heterocycles. The van der Waals surface area contributed by atoms with Gasteiger partial charge in [0.2, 0.25) is 0 Å². The van der Waals surface area contributed by atoms with Gasteiger partial charge in [0.1, 0.15) is 23.5 Å². The Balaban J connectivity index is 1.66. The quantitative estimate of drug-likeness (QED) is 0.784. The van der Waals surface area contributed by atoms with E-state index < -0.39 is 0 Å². The van der Waals surface area contributed by atoms with Gasteiger partial charge in [0, 0.05) is 6.42 Å². The number of amides is 1. The summed E-state index contributed by atoms with van der Waals surface area (Å²) >= 11 is 1.70. The van der Waals surface area contributed by atoms with E-state index in [0.29, 0.717) is 0 Å². The molecule has 0 bridgehead atoms. The lowest BCUT2D eigenvalue weighted by Crippen LogP contribution is -3.11. The molecule has 0 spiro atoms. The Morgan fingerprint density at radius 1 is 1.30 bits per heavy atom. The molecule has 2 aromatic rings. The van der Waals surface area contributed by atoms with Gasteiger partial charge in [0.15, 0.2) is 0 Å². The maximum absolute atomic E-state index is 13.1. The summed E-state index contributed by atoms with van der Waals surface area (Å²) in [5.74, 6) is -0.295. The normalized spacial score (nSPS) is 22.8. The van der Waals surface area contributed by atoms with Crippen LogP contribution in [0.3, 0.4) is 0 Å². The number of nitrogens with one attached hydrogen (secondary N) is 3. The van der Waals surface area contributed by atoms with Crippen molar-refractivity contribution < 1.29 is 14.1 Å². The second-order valence-corrected chi connectivity index (χ2v) is 7.20. The van der Waals surface area contributed by atoms with Crippen molar-refractivity contribution in [2.45, 2.75) is 26.1 Å². The lowest BCUT2D eigenvalue weighted by atomic mass is 10.0. The van der Waals surface area contributed by atoms with Gasteiger partial charge in [0.05, 0.1) is 23.5 Å². The molecule has 0 fully saturated rings. The summed E-state index contributed by atoms with van der Waals surface area (Å²) in [6.07, 6.45) is 0.658. The molecule has 2 atom stereocenters. The molecule has 2 aliphatic rings. The molecule has 4 rings (SSSR count). The van der Waals surface area contributed by atoms with Crippen LogP contribution >= 0.6 is 11.3 Å². The molecule has 0 saturated carbocycles. The molecule has 120 valence electrons. The number of benzene rings is 1. The van der Waals surface area contributed by atoms with E-state index in [0.717, 1.165) is 42.2 Å². The molecular weight excluding hydrogens is 313 g/mol. The third kappa shape index (κ3) is 2.52. The average Bonchev–Trinajstić information content (AvgIpc) is 2.93. The molecule has 1 aromatic carbocycles. The molecule has 23 heavy (non-hydrogen) atoms. The van der Waals surface area contributed by atoms with Crippen LogP contribution < -0.4 is 15.5 Å². The standard InChI is InChI=1S/C17H18FN3OS/c1-2-21-8-7-12-13(9-21)23-17-14(12)16(22)19-15(20-17)10-3-5-11(18)6-4-10/h3-6,15,20H,2,7-9H2,1H3,(H,19,22)/p+1/t15-/m0/s1. The van der Waals surface area contributed by atoms with Crippen LogP contribution in [0.25, 0.3) is 0 Å². The van der Waals surface area contributed by atoms with Crippen LogP contribution in [-0.4, -0.2) is 19.0 Å². The van der Waals surface area contributed by atoms with Crippen LogP contribution in [0.1, 0.15) is 39.5 Å². The van der Waals surface area contributed by atoms with Crippen LogP contribution in [0.5, 0.6) is 0 Å². The number of carbonyl (C=O) groups is 1. The van der Waals surface area contributed by atoms with Gasteiger partial charge >= 0.3 is 0 Å². The summed E-state index contributed by atoms with van der Waals surface area (Å²) in [6, 6.07) is 6.24. The Bertz CT molecular complexity index is 756. The number of halogens is 1. The zero-order chi connectivity index (χ0) is 16.0. The molecular formula is C17H19FN3OS+. The first kappa shape index (κ1) is 14.7. The number of carbonyl (C=O) groups excluding carboxylic acids is 1. The average molecular weight is 332 g/mol. The highest BCUT2D eigenvalue weighted by Gasteiger charge is 2.34. The summed E-state index contributed by atoms with van der Waals surface area (Å²) in [6.45, 7) is 5.39. The Morgan fingerprint density at radius 2 is 2.09 bits per heavy atom. The van der Waals surface area contributed by atoms with E-state index in [4.69, 9.17) is 0 Å². The first-order valence-electron chi connectivity index (χ1n) is 7.96. The molecule has 3 heterocycles. The highest BCUT2D eigenvalue weighted by atomic mass is 32.1. The monoisotopic (exact) mass is 332 g/mol. The first-order valence-corrected chi connectivity index (χ1v) is 8.78. The van der Waals surface area contributed by atoms with Gasteiger partial charge in [-0.3, -0.25) is 4.79 Å². The third-order valence-corrected chi connectivity index (χ3v) is 5.87. The fourth-order valence-electron chi connectivity index (χ4n) is 3.37. The number of likely N-dealkylation sites (N-methyl/N-ethyl adjacent to an activating group) is 1. The predicted octanol–water partition coefficient (Wildman–Crippen LogP) is 1.70. The number of hydrogen-bond acceptors (Lipinski definition) is 3. The van der Waals surface area contributed by atoms with Gasteiger partial charge in [-0.15, -0.1) is 11.3 Å². The number of anilines is 1. The van der Waals surface area contributed by atoms with Gasteiger partial charge in [-0.25, -0.2) is 4.39 Å². The van der Waals surface area contributed by atoms with Crippen molar-refractivity contribution in [1.82, 2.24) is 5.32 Å². The largest absolute Gasteiger partial charge is 0.353 e. The van der Waals surface area contributed by atoms with Crippen LogP contribution in [0, 0.1) is 5.82 Å². The molecule has 4 nitrogen and oxygen atoms in total. The molecule has 6 heteroatoms. The van der Waals surface area contributed by atoms with Crippen molar-refractivity contribution in [3.63, 3.8) is 0 Å². The fourth-order valence-corrected chi connectivity index (χ4v) is 4.72. The summed E-state index contributed by atoms with van der Waals surface area (Å²) in [5.41, 5.74) is 2.89. The van der Waals surface area contributed by atoms with E-state index in [9.17, 15) is 9.18 Å². The zero-order valence-corrected chi connectivity index (χ0v) is 13.7. The summed E-state index contributed by atoms with van der Waals surface area (Å²) < 4.78 is 13.1. The van der Waals surface area contributed by atoms with Gasteiger partial charge in [-0.1, -0.05) is 12.1 Å². The van der Waals surface area contributed by atoms with Crippen molar-refractivity contribution in [2.75, 3.05) is 18.4 Å². The summed E-state index contributed by atoms with van der Waals surface area (Å²) in [7, 11) is 0. The van der Waals surface area contributed by atoms with Crippen molar-refractivity contribution in [3.8, 4) is 0 Å². The van der Waals surface area contributed by atoms with Gasteiger partial charge in [0.25, 0.3) is 5.91 Å². The van der Waals surface area contributed by atoms with Crippen LogP contribution in [0.2, 0.25) is 0 Å². The Kier molecular flexibility index (Phi) is 3.58. The third-order valence-electron chi connectivity index (χ3n) is 4.71. The van der Waals surface area contributed by atoms with Gasteiger partial charge < -0.3 is 15.5 Å². The van der Waals surface area contributed by atoms with E-state index in [1.165, 1.54) is 22.6 Å². The number of hydrogen-bond donors (Lipinski definition) is 3. The molecule has 0 radical (unpaired) electrons. The number of thiophene rings is 1. The van der Waals surface area contributed by atoms with Crippen molar-refractivity contribution in [1.29, 1.82) is 0 Å². The number of rotatable bonds is 2. The molecule has 1 amide bonds. The SMILES string of the molecule is CC[NH+]1CCc2c(sc3c2C(=O)N[C@H](c2ccc(F)cc2)N3)C1. The van der Waals surface area contributed by atoms with E-state index in [-0.39, 0.29) is 17.9 Å². The smallest absolute Gasteiger partial charge is 0.256 e. The number of fused-ring (bicyclic) bond motifs is 3. The van der Waals surface area contributed by atoms with Crippen LogP contribution in [0.15, 0.2) is 24.3 Å². The molecule has 0 saturated heterocycles. The molecule has 1 unspecified atom stereocenters. The molecule has 0 aliphatic carbocycles. The highest BCUT2D eigenvalue weighted by molar-refractivity contribution is 7.16. The lowest BCUT2D eigenvalue weighted by molar-refractivity contribution is -0.913. The van der Waals surface area contributed by atoms with E-state index in [1.54, 1.807) is 28.4 Å². The minimum atomic E-state index is -0.301. The molecule has 1 aromatic heterocycles. The second kappa shape index (κ2) is 5.62. The first-order chi connectivity index (χ1) is 11.2. The van der Waals surface area contributed by atoms with Crippen molar-refractivity contribution in [3.05, 3.63) is 51.7 Å².